The van der Waals surface area contributed by atoms with Gasteiger partial charge in [-0.25, -0.2) is 0 Å². The highest BCUT2D eigenvalue weighted by molar-refractivity contribution is 5.84. The van der Waals surface area contributed by atoms with Crippen molar-refractivity contribution in [1.29, 1.82) is 0 Å². The Morgan fingerprint density at radius 1 is 1.53 bits per heavy atom. The van der Waals surface area contributed by atoms with E-state index >= 15 is 0 Å². The van der Waals surface area contributed by atoms with Crippen molar-refractivity contribution >= 4 is 5.91 Å². The molecule has 2 aliphatic rings. The van der Waals surface area contributed by atoms with Crippen LogP contribution in [0.25, 0.3) is 0 Å². The highest BCUT2D eigenvalue weighted by Gasteiger charge is 2.48. The van der Waals surface area contributed by atoms with E-state index in [0.717, 1.165) is 25.9 Å². The molecule has 15 heavy (non-hydrogen) atoms. The molecular weight excluding hydrogens is 192 g/mol. The number of likely N-dealkylation sites (tertiary alicyclic amines) is 1. The van der Waals surface area contributed by atoms with Crippen LogP contribution in [0.3, 0.4) is 0 Å². The zero-order valence-electron chi connectivity index (χ0n) is 9.55. The smallest absolute Gasteiger partial charge is 0.230 e. The molecular formula is C11H20N2O2. The van der Waals surface area contributed by atoms with Crippen molar-refractivity contribution < 1.29 is 9.90 Å². The van der Waals surface area contributed by atoms with E-state index in [0.29, 0.717) is 13.1 Å². The summed E-state index contributed by atoms with van der Waals surface area (Å²) in [5, 5.41) is 13.1. The van der Waals surface area contributed by atoms with Crippen molar-refractivity contribution in [1.82, 2.24) is 10.2 Å². The molecule has 4 heteroatoms. The van der Waals surface area contributed by atoms with Gasteiger partial charge >= 0.3 is 0 Å². The maximum atomic E-state index is 12.1. The maximum absolute atomic E-state index is 12.1. The summed E-state index contributed by atoms with van der Waals surface area (Å²) in [5.41, 5.74) is -0.854. The first-order chi connectivity index (χ1) is 6.99. The van der Waals surface area contributed by atoms with Crippen molar-refractivity contribution in [3.63, 3.8) is 0 Å². The van der Waals surface area contributed by atoms with Gasteiger partial charge < -0.3 is 15.3 Å². The van der Waals surface area contributed by atoms with Crippen LogP contribution in [0.4, 0.5) is 0 Å². The van der Waals surface area contributed by atoms with E-state index in [4.69, 9.17) is 0 Å². The molecule has 0 aromatic carbocycles. The lowest BCUT2D eigenvalue weighted by Gasteiger charge is -2.48. The zero-order valence-corrected chi connectivity index (χ0v) is 9.55. The lowest BCUT2D eigenvalue weighted by molar-refractivity contribution is -0.164. The summed E-state index contributed by atoms with van der Waals surface area (Å²) in [5.74, 6) is 0.200. The number of amides is 1. The third-order valence-corrected chi connectivity index (χ3v) is 3.80. The number of rotatable bonds is 2. The zero-order chi connectivity index (χ0) is 11.1. The highest BCUT2D eigenvalue weighted by atomic mass is 16.3. The second-order valence-electron chi connectivity index (χ2n) is 5.23. The first-order valence-corrected chi connectivity index (χ1v) is 5.72. The molecule has 1 unspecified atom stereocenters. The Morgan fingerprint density at radius 2 is 2.20 bits per heavy atom. The Kier molecular flexibility index (Phi) is 2.51. The van der Waals surface area contributed by atoms with Gasteiger partial charge in [0.15, 0.2) is 0 Å². The summed E-state index contributed by atoms with van der Waals surface area (Å²) in [6.45, 7) is 6.69. The fourth-order valence-corrected chi connectivity index (χ4v) is 2.41. The number of hydrogen-bond acceptors (Lipinski definition) is 3. The van der Waals surface area contributed by atoms with E-state index in [1.165, 1.54) is 0 Å². The molecule has 0 spiro atoms. The van der Waals surface area contributed by atoms with Gasteiger partial charge in [-0.05, 0) is 26.3 Å². The highest BCUT2D eigenvalue weighted by Crippen LogP contribution is 2.32. The Hall–Kier alpha value is -0.610. The molecule has 2 N–H and O–H groups in total. The number of β-amino-alcohol motifs (C(OH)–C–C–N with tert-alkyl or cyclic N) is 1. The molecule has 2 rings (SSSR count). The van der Waals surface area contributed by atoms with Crippen LogP contribution in [0.5, 0.6) is 0 Å². The molecule has 2 fully saturated rings. The number of nitrogens with zero attached hydrogens (tertiary/aromatic N) is 1. The van der Waals surface area contributed by atoms with Crippen molar-refractivity contribution in [2.45, 2.75) is 32.3 Å². The lowest BCUT2D eigenvalue weighted by atomic mass is 9.83. The molecule has 0 aliphatic carbocycles. The number of aliphatic hydroxyl groups is 1. The second kappa shape index (κ2) is 3.46. The van der Waals surface area contributed by atoms with Gasteiger partial charge in [0.1, 0.15) is 0 Å². The predicted octanol–water partition coefficient (Wildman–Crippen LogP) is -0.0307. The molecule has 2 heterocycles. The summed E-state index contributed by atoms with van der Waals surface area (Å²) in [7, 11) is 0. The molecule has 1 atom stereocenters. The average molecular weight is 212 g/mol. The van der Waals surface area contributed by atoms with E-state index in [9.17, 15) is 9.90 Å². The number of hydrogen-bond donors (Lipinski definition) is 2. The van der Waals surface area contributed by atoms with Gasteiger partial charge in [-0.3, -0.25) is 4.79 Å². The van der Waals surface area contributed by atoms with Gasteiger partial charge in [0, 0.05) is 6.54 Å². The normalized spacial score (nSPS) is 33.9. The molecule has 2 aliphatic heterocycles. The molecule has 2 saturated heterocycles. The van der Waals surface area contributed by atoms with Crippen LogP contribution in [0.1, 0.15) is 26.7 Å². The Balaban J connectivity index is 1.94. The van der Waals surface area contributed by atoms with Crippen LogP contribution in [-0.4, -0.2) is 47.7 Å². The maximum Gasteiger partial charge on any atom is 0.230 e. The third kappa shape index (κ3) is 1.76. The third-order valence-electron chi connectivity index (χ3n) is 3.80. The molecule has 0 bridgehead atoms. The molecule has 4 nitrogen and oxygen atoms in total. The van der Waals surface area contributed by atoms with Crippen LogP contribution < -0.4 is 5.32 Å². The van der Waals surface area contributed by atoms with E-state index in [-0.39, 0.29) is 11.3 Å². The number of carbonyl (C=O) groups is 1. The minimum absolute atomic E-state index is 0.200. The summed E-state index contributed by atoms with van der Waals surface area (Å²) in [6.07, 6.45) is 1.64. The van der Waals surface area contributed by atoms with Gasteiger partial charge in [0.2, 0.25) is 5.91 Å². The first kappa shape index (κ1) is 10.9. The van der Waals surface area contributed by atoms with Crippen molar-refractivity contribution in [3.05, 3.63) is 0 Å². The summed E-state index contributed by atoms with van der Waals surface area (Å²) < 4.78 is 0. The molecule has 1 amide bonds. The van der Waals surface area contributed by atoms with Gasteiger partial charge in [-0.15, -0.1) is 0 Å². The van der Waals surface area contributed by atoms with Crippen LogP contribution in [-0.2, 0) is 4.79 Å². The van der Waals surface area contributed by atoms with Gasteiger partial charge in [0.05, 0.1) is 24.1 Å². The molecule has 0 saturated carbocycles. The largest absolute Gasteiger partial charge is 0.386 e. The van der Waals surface area contributed by atoms with Crippen molar-refractivity contribution in [2.24, 2.45) is 5.41 Å². The van der Waals surface area contributed by atoms with E-state index < -0.39 is 5.60 Å². The SMILES string of the molecule is CCC1(O)CN(C(=O)C2(C)CCNC2)C1. The van der Waals surface area contributed by atoms with E-state index in [1.807, 2.05) is 13.8 Å². The summed E-state index contributed by atoms with van der Waals surface area (Å²) in [4.78, 5) is 13.9. The monoisotopic (exact) mass is 212 g/mol. The van der Waals surface area contributed by atoms with Crippen LogP contribution in [0.15, 0.2) is 0 Å². The Bertz CT molecular complexity index is 266. The van der Waals surface area contributed by atoms with Gasteiger partial charge in [-0.1, -0.05) is 6.92 Å². The molecule has 0 radical (unpaired) electrons. The minimum atomic E-state index is -0.613. The van der Waals surface area contributed by atoms with Crippen LogP contribution in [0, 0.1) is 5.41 Å². The van der Waals surface area contributed by atoms with E-state index in [2.05, 4.69) is 5.32 Å². The van der Waals surface area contributed by atoms with Crippen LogP contribution in [0.2, 0.25) is 0 Å². The van der Waals surface area contributed by atoms with Crippen molar-refractivity contribution in [2.75, 3.05) is 26.2 Å². The van der Waals surface area contributed by atoms with Crippen LogP contribution >= 0.6 is 0 Å². The second-order valence-corrected chi connectivity index (χ2v) is 5.23. The predicted molar refractivity (Wildman–Crippen MR) is 57.4 cm³/mol. The number of nitrogens with one attached hydrogen (secondary N) is 1. The fourth-order valence-electron chi connectivity index (χ4n) is 2.41. The number of carbonyl (C=O) groups excluding carboxylic acids is 1. The first-order valence-electron chi connectivity index (χ1n) is 5.72. The average Bonchev–Trinajstić information content (AvgIpc) is 2.60. The molecule has 0 aromatic heterocycles. The molecule has 86 valence electrons. The topological polar surface area (TPSA) is 52.6 Å². The summed E-state index contributed by atoms with van der Waals surface area (Å²) >= 11 is 0. The van der Waals surface area contributed by atoms with Gasteiger partial charge in [-0.2, -0.15) is 0 Å². The Labute approximate surface area is 90.6 Å². The minimum Gasteiger partial charge on any atom is -0.386 e. The standard InChI is InChI=1S/C11H20N2O2/c1-3-11(15)7-13(8-11)9(14)10(2)4-5-12-6-10/h12,15H,3-8H2,1-2H3. The van der Waals surface area contributed by atoms with E-state index in [1.54, 1.807) is 4.90 Å². The Morgan fingerprint density at radius 3 is 2.67 bits per heavy atom. The fraction of sp³-hybridized carbons (Fsp3) is 0.909. The quantitative estimate of drug-likeness (QED) is 0.676. The molecule has 0 aromatic rings. The van der Waals surface area contributed by atoms with Crippen molar-refractivity contribution in [3.8, 4) is 0 Å². The van der Waals surface area contributed by atoms with Gasteiger partial charge in [0.25, 0.3) is 0 Å². The lowest BCUT2D eigenvalue weighted by Crippen LogP contribution is -2.65. The summed E-state index contributed by atoms with van der Waals surface area (Å²) in [6, 6.07) is 0.